The van der Waals surface area contributed by atoms with Crippen molar-refractivity contribution < 1.29 is 0 Å². The summed E-state index contributed by atoms with van der Waals surface area (Å²) < 4.78 is 0. The zero-order chi connectivity index (χ0) is 33.0. The Kier molecular flexibility index (Phi) is 7.38. The molecule has 0 N–H and O–H groups in total. The van der Waals surface area contributed by atoms with Crippen LogP contribution in [0.5, 0.6) is 0 Å². The van der Waals surface area contributed by atoms with Gasteiger partial charge in [0.15, 0.2) is 11.6 Å². The Morgan fingerprint density at radius 3 is 2.40 bits per heavy atom. The highest BCUT2D eigenvalue weighted by molar-refractivity contribution is 8.03. The lowest BCUT2D eigenvalue weighted by Crippen LogP contribution is -2.25. The fourth-order valence-electron chi connectivity index (χ4n) is 8.74. The zero-order valence-corrected chi connectivity index (χ0v) is 28.8. The Balaban J connectivity index is 1.09. The molecule has 1 saturated carbocycles. The van der Waals surface area contributed by atoms with E-state index >= 15 is 0 Å². The SMILES string of the molecule is C1=CC2=C(CC1)Sc1cc3c(C4=C5CCCC(c6nc(-c7ccccc7)nc(-c7cccc8ccccc78)n6)C5CC=C4)cccc3cc1C2. The second kappa shape index (κ2) is 12.4. The summed E-state index contributed by atoms with van der Waals surface area (Å²) >= 11 is 2.00. The Hall–Kier alpha value is -5.06. The average Bonchev–Trinajstić information content (AvgIpc) is 3.18. The number of hydrogen-bond donors (Lipinski definition) is 0. The third-order valence-corrected chi connectivity index (χ3v) is 12.5. The van der Waals surface area contributed by atoms with Crippen molar-refractivity contribution in [2.24, 2.45) is 5.92 Å². The van der Waals surface area contributed by atoms with Crippen molar-refractivity contribution in [2.45, 2.75) is 55.8 Å². The minimum absolute atomic E-state index is 0.223. The van der Waals surface area contributed by atoms with Crippen LogP contribution in [0.2, 0.25) is 0 Å². The van der Waals surface area contributed by atoms with Crippen LogP contribution < -0.4 is 0 Å². The number of rotatable bonds is 4. The van der Waals surface area contributed by atoms with Crippen LogP contribution in [0.15, 0.2) is 148 Å². The standard InChI is InChI=1S/C46H37N3S/c1-2-13-30(14-3-1)44-47-45(39-23-8-16-29-12-4-6-18-34(29)39)49-46(48-44)40-24-11-21-35-36(20-10-22-37(35)40)38-19-9-17-31-26-33-27-32-15-5-7-25-42(32)50-43(33)28-41(31)38/h1-6,8-10,12-20,23,26,28,37,40H,7,11,21-22,24-25,27H2. The van der Waals surface area contributed by atoms with E-state index in [1.165, 1.54) is 55.1 Å². The maximum atomic E-state index is 5.34. The first-order valence-corrected chi connectivity index (χ1v) is 18.9. The van der Waals surface area contributed by atoms with Crippen LogP contribution in [0, 0.1) is 5.92 Å². The number of allylic oxidation sites excluding steroid dienone is 8. The van der Waals surface area contributed by atoms with E-state index < -0.39 is 0 Å². The first kappa shape index (κ1) is 29.8. The third-order valence-electron chi connectivity index (χ3n) is 11.1. The molecule has 2 unspecified atom stereocenters. The van der Waals surface area contributed by atoms with Crippen LogP contribution in [0.3, 0.4) is 0 Å². The molecule has 10 rings (SSSR count). The van der Waals surface area contributed by atoms with Crippen molar-refractivity contribution in [3.63, 3.8) is 0 Å². The van der Waals surface area contributed by atoms with Crippen LogP contribution in [0.1, 0.15) is 61.4 Å². The summed E-state index contributed by atoms with van der Waals surface area (Å²) in [7, 11) is 0. The predicted molar refractivity (Wildman–Crippen MR) is 208 cm³/mol. The van der Waals surface area contributed by atoms with E-state index in [-0.39, 0.29) is 5.92 Å². The molecule has 0 spiro atoms. The maximum Gasteiger partial charge on any atom is 0.164 e. The molecule has 1 aliphatic heterocycles. The summed E-state index contributed by atoms with van der Waals surface area (Å²) in [5.74, 6) is 3.02. The molecule has 0 saturated heterocycles. The number of fused-ring (bicyclic) bond motifs is 4. The summed E-state index contributed by atoms with van der Waals surface area (Å²) in [6.07, 6.45) is 17.2. The monoisotopic (exact) mass is 663 g/mol. The number of hydrogen-bond acceptors (Lipinski definition) is 4. The maximum absolute atomic E-state index is 5.34. The van der Waals surface area contributed by atoms with Crippen molar-refractivity contribution in [1.29, 1.82) is 0 Å². The molecule has 0 bridgehead atoms. The van der Waals surface area contributed by atoms with E-state index in [0.29, 0.717) is 5.92 Å². The highest BCUT2D eigenvalue weighted by Crippen LogP contribution is 2.50. The van der Waals surface area contributed by atoms with Crippen LogP contribution in [0.25, 0.3) is 49.9 Å². The molecule has 242 valence electrons. The lowest BCUT2D eigenvalue weighted by atomic mass is 9.69. The molecule has 6 aromatic rings. The molecule has 1 fully saturated rings. The van der Waals surface area contributed by atoms with Crippen LogP contribution in [-0.2, 0) is 6.42 Å². The summed E-state index contributed by atoms with van der Waals surface area (Å²) in [5.41, 5.74) is 9.40. The molecule has 3 aliphatic carbocycles. The summed E-state index contributed by atoms with van der Waals surface area (Å²) in [6.45, 7) is 0. The molecular weight excluding hydrogens is 627 g/mol. The molecule has 5 aromatic carbocycles. The Labute approximate surface area is 297 Å². The van der Waals surface area contributed by atoms with Gasteiger partial charge in [0.05, 0.1) is 0 Å². The number of benzene rings is 5. The van der Waals surface area contributed by atoms with Gasteiger partial charge in [-0.3, -0.25) is 0 Å². The van der Waals surface area contributed by atoms with Crippen LogP contribution >= 0.6 is 11.8 Å². The number of aromatic nitrogens is 3. The van der Waals surface area contributed by atoms with Gasteiger partial charge in [-0.2, -0.15) is 0 Å². The molecule has 2 heterocycles. The molecule has 3 nitrogen and oxygen atoms in total. The number of nitrogens with zero attached hydrogens (tertiary/aromatic N) is 3. The largest absolute Gasteiger partial charge is 0.213 e. The first-order valence-electron chi connectivity index (χ1n) is 18.1. The van der Waals surface area contributed by atoms with Gasteiger partial charge >= 0.3 is 0 Å². The summed E-state index contributed by atoms with van der Waals surface area (Å²) in [4.78, 5) is 18.7. The molecule has 0 amide bonds. The van der Waals surface area contributed by atoms with Crippen molar-refractivity contribution in [2.75, 3.05) is 0 Å². The van der Waals surface area contributed by atoms with Gasteiger partial charge in [0.25, 0.3) is 0 Å². The van der Waals surface area contributed by atoms with E-state index in [4.69, 9.17) is 15.0 Å². The second-order valence-electron chi connectivity index (χ2n) is 14.1. The zero-order valence-electron chi connectivity index (χ0n) is 28.0. The van der Waals surface area contributed by atoms with Crippen LogP contribution in [-0.4, -0.2) is 15.0 Å². The molecule has 1 aromatic heterocycles. The highest BCUT2D eigenvalue weighted by atomic mass is 32.2. The Morgan fingerprint density at radius 1 is 0.640 bits per heavy atom. The van der Waals surface area contributed by atoms with Gasteiger partial charge in [0.1, 0.15) is 5.82 Å². The third kappa shape index (κ3) is 5.16. The minimum atomic E-state index is 0.223. The van der Waals surface area contributed by atoms with E-state index in [0.717, 1.165) is 67.1 Å². The predicted octanol–water partition coefficient (Wildman–Crippen LogP) is 12.1. The Bertz CT molecular complexity index is 2450. The molecule has 50 heavy (non-hydrogen) atoms. The topological polar surface area (TPSA) is 38.7 Å². The lowest BCUT2D eigenvalue weighted by molar-refractivity contribution is 0.376. The number of thioether (sulfide) groups is 1. The van der Waals surface area contributed by atoms with Gasteiger partial charge < -0.3 is 0 Å². The van der Waals surface area contributed by atoms with E-state index in [2.05, 4.69) is 127 Å². The lowest BCUT2D eigenvalue weighted by Gasteiger charge is -2.36. The first-order chi connectivity index (χ1) is 24.8. The molecule has 2 atom stereocenters. The van der Waals surface area contributed by atoms with Crippen molar-refractivity contribution in [3.05, 3.63) is 160 Å². The average molecular weight is 664 g/mol. The van der Waals surface area contributed by atoms with Crippen molar-refractivity contribution in [3.8, 4) is 22.8 Å². The van der Waals surface area contributed by atoms with Gasteiger partial charge in [-0.1, -0.05) is 133 Å². The Morgan fingerprint density at radius 2 is 1.46 bits per heavy atom. The quantitative estimate of drug-likeness (QED) is 0.188. The van der Waals surface area contributed by atoms with Crippen molar-refractivity contribution >= 4 is 38.9 Å². The highest BCUT2D eigenvalue weighted by Gasteiger charge is 2.35. The van der Waals surface area contributed by atoms with E-state index in [9.17, 15) is 0 Å². The van der Waals surface area contributed by atoms with Crippen LogP contribution in [0.4, 0.5) is 0 Å². The second-order valence-corrected chi connectivity index (χ2v) is 15.2. The molecule has 4 aliphatic rings. The molecular formula is C46H37N3S. The minimum Gasteiger partial charge on any atom is -0.213 e. The summed E-state index contributed by atoms with van der Waals surface area (Å²) in [6, 6.07) is 37.2. The van der Waals surface area contributed by atoms with E-state index in [1.807, 2.05) is 11.8 Å². The van der Waals surface area contributed by atoms with Gasteiger partial charge in [-0.15, -0.1) is 0 Å². The van der Waals surface area contributed by atoms with Gasteiger partial charge in [0.2, 0.25) is 0 Å². The summed E-state index contributed by atoms with van der Waals surface area (Å²) in [5, 5.41) is 5.07. The smallest absolute Gasteiger partial charge is 0.164 e. The van der Waals surface area contributed by atoms with Crippen molar-refractivity contribution in [1.82, 2.24) is 15.0 Å². The van der Waals surface area contributed by atoms with Gasteiger partial charge in [-0.05, 0) is 112 Å². The fraction of sp³-hybridized carbons (Fsp3) is 0.196. The normalized spacial score (nSPS) is 19.8. The van der Waals surface area contributed by atoms with Gasteiger partial charge in [0, 0.05) is 21.9 Å². The van der Waals surface area contributed by atoms with E-state index in [1.54, 1.807) is 10.5 Å². The molecule has 0 radical (unpaired) electrons. The molecule has 4 heteroatoms. The fourth-order valence-corrected chi connectivity index (χ4v) is 9.93. The van der Waals surface area contributed by atoms with Gasteiger partial charge in [-0.25, -0.2) is 15.0 Å².